The Labute approximate surface area is 466 Å². The summed E-state index contributed by atoms with van der Waals surface area (Å²) in [5.41, 5.74) is 14.4. The first-order valence-corrected chi connectivity index (χ1v) is 26.5. The SMILES string of the molecule is COc1cc(OC)c(C(=O)Nc2cc(C(F)(F)F)cc(NC(=O)CCCCN=C(N)N)c2SCCNC(=O)OC(C)(C)C)cc1C(=O)Nc1cc(C(F)(F)F)cc(NC(=O)CCCCN=C(N)N)c1SCCNC(=O)OC(C)(C)C. The number of hydrogen-bond donors (Lipinski definition) is 10. The molecule has 22 nitrogen and oxygen atoms in total. The molecule has 0 unspecified atom stereocenters. The van der Waals surface area contributed by atoms with Crippen molar-refractivity contribution in [2.75, 3.05) is 73.2 Å². The number of thioether (sulfide) groups is 2. The number of amides is 6. The van der Waals surface area contributed by atoms with Crippen LogP contribution in [0.1, 0.15) is 112 Å². The number of benzene rings is 3. The molecule has 0 saturated heterocycles. The number of ether oxygens (including phenoxy) is 4. The first kappa shape index (κ1) is 66.8. The van der Waals surface area contributed by atoms with E-state index in [-0.39, 0.29) is 108 Å². The number of carbonyl (C=O) groups is 6. The summed E-state index contributed by atoms with van der Waals surface area (Å²) in [5, 5.41) is 14.9. The molecule has 0 saturated carbocycles. The topological polar surface area (TPSA) is 340 Å². The average molecular weight is 1180 g/mol. The van der Waals surface area contributed by atoms with E-state index >= 15 is 0 Å². The maximum Gasteiger partial charge on any atom is 0.416 e. The molecule has 0 atom stereocenters. The fraction of sp³-hybridized carbons (Fsp3) is 0.480. The third-order valence-corrected chi connectivity index (χ3v) is 12.4. The molecular weight excluding hydrogens is 1110 g/mol. The highest BCUT2D eigenvalue weighted by molar-refractivity contribution is 7.99. The van der Waals surface area contributed by atoms with Crippen LogP contribution in [0.15, 0.2) is 56.2 Å². The second-order valence-electron chi connectivity index (χ2n) is 19.1. The van der Waals surface area contributed by atoms with Crippen molar-refractivity contribution in [3.63, 3.8) is 0 Å². The fourth-order valence-electron chi connectivity index (χ4n) is 6.78. The fourth-order valence-corrected chi connectivity index (χ4v) is 8.66. The van der Waals surface area contributed by atoms with Crippen LogP contribution in [-0.4, -0.2) is 111 Å². The van der Waals surface area contributed by atoms with E-state index in [9.17, 15) is 55.1 Å². The molecule has 80 heavy (non-hydrogen) atoms. The van der Waals surface area contributed by atoms with Gasteiger partial charge in [0.2, 0.25) is 11.8 Å². The Hall–Kier alpha value is -7.50. The monoisotopic (exact) mass is 1170 g/mol. The minimum absolute atomic E-state index is 0.0484. The van der Waals surface area contributed by atoms with E-state index in [2.05, 4.69) is 41.9 Å². The highest BCUT2D eigenvalue weighted by Crippen LogP contribution is 2.44. The van der Waals surface area contributed by atoms with Gasteiger partial charge in [0.25, 0.3) is 11.8 Å². The Morgan fingerprint density at radius 2 is 0.850 bits per heavy atom. The molecule has 0 radical (unpaired) electrons. The number of methoxy groups -OCH3 is 2. The molecule has 0 aliphatic rings. The van der Waals surface area contributed by atoms with Gasteiger partial charge in [0, 0.05) is 56.6 Å². The molecule has 3 rings (SSSR count). The highest BCUT2D eigenvalue weighted by atomic mass is 32.2. The van der Waals surface area contributed by atoms with Gasteiger partial charge in [0.05, 0.1) is 69.0 Å². The quantitative estimate of drug-likeness (QED) is 0.0119. The first-order chi connectivity index (χ1) is 37.2. The second-order valence-corrected chi connectivity index (χ2v) is 21.3. The zero-order valence-corrected chi connectivity index (χ0v) is 47.0. The van der Waals surface area contributed by atoms with Gasteiger partial charge in [-0.3, -0.25) is 29.2 Å². The zero-order valence-electron chi connectivity index (χ0n) is 45.3. The molecule has 0 aliphatic heterocycles. The number of unbranched alkanes of at least 4 members (excludes halogenated alkanes) is 2. The van der Waals surface area contributed by atoms with Crippen LogP contribution < -0.4 is 64.3 Å². The van der Waals surface area contributed by atoms with E-state index in [1.807, 2.05) is 0 Å². The van der Waals surface area contributed by atoms with Crippen LogP contribution in [0.4, 0.5) is 58.7 Å². The van der Waals surface area contributed by atoms with Crippen LogP contribution in [0.2, 0.25) is 0 Å². The Morgan fingerprint density at radius 3 is 1.15 bits per heavy atom. The van der Waals surface area contributed by atoms with Crippen LogP contribution >= 0.6 is 23.5 Å². The summed E-state index contributed by atoms with van der Waals surface area (Å²) in [6.07, 6.45) is -10.9. The number of anilines is 4. The van der Waals surface area contributed by atoms with Crippen molar-refractivity contribution in [2.24, 2.45) is 32.9 Å². The van der Waals surface area contributed by atoms with Crippen LogP contribution in [0.25, 0.3) is 0 Å². The van der Waals surface area contributed by atoms with Gasteiger partial charge in [-0.15, -0.1) is 23.5 Å². The van der Waals surface area contributed by atoms with E-state index in [1.54, 1.807) is 41.5 Å². The molecule has 14 N–H and O–H groups in total. The van der Waals surface area contributed by atoms with Gasteiger partial charge in [0.1, 0.15) is 22.7 Å². The normalized spacial score (nSPS) is 11.6. The Balaban J connectivity index is 2.18. The molecule has 442 valence electrons. The highest BCUT2D eigenvalue weighted by Gasteiger charge is 2.35. The number of hydrogen-bond acceptors (Lipinski definition) is 14. The number of guanidine groups is 2. The molecule has 0 aliphatic carbocycles. The maximum absolute atomic E-state index is 14.6. The minimum Gasteiger partial charge on any atom is -0.496 e. The van der Waals surface area contributed by atoms with Crippen LogP contribution in [0.5, 0.6) is 11.5 Å². The molecule has 30 heteroatoms. The number of halogens is 6. The maximum atomic E-state index is 14.6. The Bertz CT molecular complexity index is 2570. The van der Waals surface area contributed by atoms with Gasteiger partial charge in [-0.2, -0.15) is 26.3 Å². The molecule has 0 fully saturated rings. The summed E-state index contributed by atoms with van der Waals surface area (Å²) in [4.78, 5) is 87.8. The number of nitrogens with one attached hydrogen (secondary N) is 6. The Kier molecular flexibility index (Phi) is 25.2. The smallest absolute Gasteiger partial charge is 0.416 e. The molecule has 0 bridgehead atoms. The summed E-state index contributed by atoms with van der Waals surface area (Å²) < 4.78 is 109. The molecular formula is C50H68F6N12O10S2. The number of nitrogens with zero attached hydrogens (tertiary/aromatic N) is 2. The Morgan fingerprint density at radius 1 is 0.512 bits per heavy atom. The largest absolute Gasteiger partial charge is 0.496 e. The molecule has 3 aromatic rings. The number of alkyl halides is 6. The lowest BCUT2D eigenvalue weighted by atomic mass is 10.1. The van der Waals surface area contributed by atoms with E-state index in [0.29, 0.717) is 37.1 Å². The zero-order chi connectivity index (χ0) is 60.2. The number of nitrogens with two attached hydrogens (primary N) is 4. The van der Waals surface area contributed by atoms with Gasteiger partial charge in [-0.25, -0.2) is 9.59 Å². The number of carbonyl (C=O) groups excluding carboxylic acids is 6. The van der Waals surface area contributed by atoms with Crippen molar-refractivity contribution in [1.29, 1.82) is 0 Å². The van der Waals surface area contributed by atoms with Crippen LogP contribution in [0.3, 0.4) is 0 Å². The van der Waals surface area contributed by atoms with Crippen molar-refractivity contribution < 1.29 is 74.1 Å². The summed E-state index contributed by atoms with van der Waals surface area (Å²) in [6.45, 7) is 9.93. The molecule has 0 aromatic heterocycles. The van der Waals surface area contributed by atoms with Crippen LogP contribution in [-0.2, 0) is 31.4 Å². The average Bonchev–Trinajstić information content (AvgIpc) is 3.32. The van der Waals surface area contributed by atoms with Gasteiger partial charge < -0.3 is 73.8 Å². The van der Waals surface area contributed by atoms with Gasteiger partial charge >= 0.3 is 24.5 Å². The standard InChI is InChI=1S/C50H68F6N12O10S2/c1-47(2,3)77-45(73)63-17-19-79-39-31(65-37(69)13-9-11-15-61-43(57)58)21-27(49(51,52)53)23-33(39)67-41(71)29-25-30(36(76-8)26-35(29)75-7)42(72)68-34-24-28(50(54,55)56)22-32(66-38(70)14-10-12-16-62-44(59)60)40(34)80-20-18-64-46(74)78-48(4,5)6/h21-26H,9-20H2,1-8H3,(H,63,73)(H,64,74)(H,65,69)(H,66,70)(H,67,71)(H,68,72)(H4,57,58,61)(H4,59,60,62). The molecule has 0 spiro atoms. The van der Waals surface area contributed by atoms with E-state index < -0.39 is 93.0 Å². The summed E-state index contributed by atoms with van der Waals surface area (Å²) in [7, 11) is 2.26. The van der Waals surface area contributed by atoms with Crippen molar-refractivity contribution >= 4 is 94.0 Å². The lowest BCUT2D eigenvalue weighted by Crippen LogP contribution is -2.33. The third kappa shape index (κ3) is 23.5. The summed E-state index contributed by atoms with van der Waals surface area (Å²) in [5.74, 6) is -4.80. The number of rotatable bonds is 26. The first-order valence-electron chi connectivity index (χ1n) is 24.5. The minimum atomic E-state index is -5.04. The van der Waals surface area contributed by atoms with E-state index in [4.69, 9.17) is 41.9 Å². The van der Waals surface area contributed by atoms with Gasteiger partial charge in [-0.1, -0.05) is 0 Å². The van der Waals surface area contributed by atoms with Crippen molar-refractivity contribution in [2.45, 2.75) is 113 Å². The number of aliphatic imine (C=N–C) groups is 2. The van der Waals surface area contributed by atoms with Crippen molar-refractivity contribution in [1.82, 2.24) is 10.6 Å². The molecule has 3 aromatic carbocycles. The van der Waals surface area contributed by atoms with Crippen molar-refractivity contribution in [3.05, 3.63) is 58.7 Å². The molecule has 6 amide bonds. The lowest BCUT2D eigenvalue weighted by molar-refractivity contribution is -0.138. The summed E-state index contributed by atoms with van der Waals surface area (Å²) in [6, 6.07) is 4.55. The van der Waals surface area contributed by atoms with E-state index in [1.165, 1.54) is 0 Å². The molecule has 0 heterocycles. The predicted octanol–water partition coefficient (Wildman–Crippen LogP) is 8.24. The van der Waals surface area contributed by atoms with E-state index in [0.717, 1.165) is 49.9 Å². The van der Waals surface area contributed by atoms with Crippen LogP contribution in [0, 0.1) is 0 Å². The number of alkyl carbamates (subject to hydrolysis) is 2. The predicted molar refractivity (Wildman–Crippen MR) is 295 cm³/mol. The van der Waals surface area contributed by atoms with Gasteiger partial charge in [-0.05, 0) is 97.6 Å². The van der Waals surface area contributed by atoms with Gasteiger partial charge in [0.15, 0.2) is 11.9 Å². The summed E-state index contributed by atoms with van der Waals surface area (Å²) >= 11 is 1.68. The second kappa shape index (κ2) is 30.2. The lowest BCUT2D eigenvalue weighted by Gasteiger charge is -2.21. The van der Waals surface area contributed by atoms with Crippen molar-refractivity contribution in [3.8, 4) is 11.5 Å². The third-order valence-electron chi connectivity index (χ3n) is 10.1.